The van der Waals surface area contributed by atoms with Crippen molar-refractivity contribution in [3.8, 4) is 5.75 Å². The maximum absolute atomic E-state index is 12.3. The standard InChI is InChI=1S/C20H15Cl2IN2O3/c1-2-7-25-19(26)17(24-20(25)27)10-13-8-15(21)18(16(22)9-13)28-11-12-3-5-14(23)6-4-12/h2-6,8-10H,1,7,11H2,(H,24,27)/b17-10+. The van der Waals surface area contributed by atoms with E-state index in [4.69, 9.17) is 27.9 Å². The van der Waals surface area contributed by atoms with Crippen molar-refractivity contribution in [2.75, 3.05) is 6.54 Å². The molecule has 3 rings (SSSR count). The van der Waals surface area contributed by atoms with Gasteiger partial charge < -0.3 is 10.1 Å². The first-order valence-corrected chi connectivity index (χ1v) is 10.0. The summed E-state index contributed by atoms with van der Waals surface area (Å²) in [4.78, 5) is 25.2. The maximum Gasteiger partial charge on any atom is 0.329 e. The van der Waals surface area contributed by atoms with Gasteiger partial charge in [0.05, 0.1) is 10.0 Å². The van der Waals surface area contributed by atoms with Gasteiger partial charge in [-0.3, -0.25) is 9.69 Å². The van der Waals surface area contributed by atoms with Crippen LogP contribution < -0.4 is 10.1 Å². The average Bonchev–Trinajstić information content (AvgIpc) is 2.90. The van der Waals surface area contributed by atoms with Crippen LogP contribution in [-0.4, -0.2) is 23.4 Å². The molecule has 0 unspecified atom stereocenters. The lowest BCUT2D eigenvalue weighted by Crippen LogP contribution is -2.30. The van der Waals surface area contributed by atoms with Crippen molar-refractivity contribution in [3.05, 3.63) is 79.5 Å². The fraction of sp³-hybridized carbons (Fsp3) is 0.100. The molecule has 1 heterocycles. The Morgan fingerprint density at radius 3 is 2.39 bits per heavy atom. The molecule has 1 saturated heterocycles. The molecule has 2 aromatic carbocycles. The van der Waals surface area contributed by atoms with Crippen LogP contribution in [0.3, 0.4) is 0 Å². The lowest BCUT2D eigenvalue weighted by Gasteiger charge is -2.11. The van der Waals surface area contributed by atoms with Crippen LogP contribution in [0.4, 0.5) is 4.79 Å². The summed E-state index contributed by atoms with van der Waals surface area (Å²) in [5.41, 5.74) is 1.70. The summed E-state index contributed by atoms with van der Waals surface area (Å²) in [5.74, 6) is -0.0738. The Kier molecular flexibility index (Phi) is 6.64. The lowest BCUT2D eigenvalue weighted by atomic mass is 10.1. The average molecular weight is 529 g/mol. The Labute approximate surface area is 186 Å². The molecule has 2 aromatic rings. The van der Waals surface area contributed by atoms with E-state index in [2.05, 4.69) is 34.5 Å². The predicted molar refractivity (Wildman–Crippen MR) is 118 cm³/mol. The number of carbonyl (C=O) groups is 2. The van der Waals surface area contributed by atoms with E-state index in [9.17, 15) is 9.59 Å². The van der Waals surface area contributed by atoms with Crippen molar-refractivity contribution >= 4 is 63.8 Å². The van der Waals surface area contributed by atoms with E-state index < -0.39 is 11.9 Å². The van der Waals surface area contributed by atoms with Crippen molar-refractivity contribution in [2.24, 2.45) is 0 Å². The van der Waals surface area contributed by atoms with Crippen LogP contribution in [0.5, 0.6) is 5.75 Å². The second-order valence-corrected chi connectivity index (χ2v) is 7.98. The van der Waals surface area contributed by atoms with Gasteiger partial charge in [0, 0.05) is 10.1 Å². The number of ether oxygens (including phenoxy) is 1. The number of amides is 3. The summed E-state index contributed by atoms with van der Waals surface area (Å²) >= 11 is 14.9. The molecular formula is C20H15Cl2IN2O3. The number of nitrogens with one attached hydrogen (secondary N) is 1. The minimum atomic E-state index is -0.495. The van der Waals surface area contributed by atoms with E-state index in [-0.39, 0.29) is 12.2 Å². The van der Waals surface area contributed by atoms with Gasteiger partial charge in [-0.15, -0.1) is 6.58 Å². The molecule has 1 aliphatic rings. The fourth-order valence-corrected chi connectivity index (χ4v) is 3.54. The quantitative estimate of drug-likeness (QED) is 0.241. The van der Waals surface area contributed by atoms with Crippen LogP contribution in [0.15, 0.2) is 54.8 Å². The van der Waals surface area contributed by atoms with Crippen LogP contribution in [0.2, 0.25) is 10.0 Å². The van der Waals surface area contributed by atoms with Gasteiger partial charge in [-0.1, -0.05) is 41.4 Å². The van der Waals surface area contributed by atoms with E-state index in [1.807, 2.05) is 24.3 Å². The third kappa shape index (κ3) is 4.68. The molecule has 0 bridgehead atoms. The Balaban J connectivity index is 1.78. The van der Waals surface area contributed by atoms with E-state index in [0.717, 1.165) is 14.0 Å². The number of carbonyl (C=O) groups excluding carboxylic acids is 2. The van der Waals surface area contributed by atoms with E-state index in [1.165, 1.54) is 12.2 Å². The minimum Gasteiger partial charge on any atom is -0.486 e. The van der Waals surface area contributed by atoms with Gasteiger partial charge in [-0.2, -0.15) is 0 Å². The molecule has 3 amide bonds. The van der Waals surface area contributed by atoms with Crippen LogP contribution in [0, 0.1) is 3.57 Å². The molecule has 0 atom stereocenters. The molecule has 1 N–H and O–H groups in total. The van der Waals surface area contributed by atoms with E-state index >= 15 is 0 Å². The van der Waals surface area contributed by atoms with Crippen LogP contribution >= 0.6 is 45.8 Å². The zero-order valence-corrected chi connectivity index (χ0v) is 18.2. The second kappa shape index (κ2) is 8.98. The Morgan fingerprint density at radius 2 is 1.79 bits per heavy atom. The topological polar surface area (TPSA) is 58.6 Å². The van der Waals surface area contributed by atoms with E-state index in [1.54, 1.807) is 12.1 Å². The monoisotopic (exact) mass is 528 g/mol. The second-order valence-electron chi connectivity index (χ2n) is 5.92. The molecule has 1 fully saturated rings. The molecule has 1 aliphatic heterocycles. The summed E-state index contributed by atoms with van der Waals surface area (Å²) in [6, 6.07) is 10.7. The van der Waals surface area contributed by atoms with E-state index in [0.29, 0.717) is 28.0 Å². The largest absolute Gasteiger partial charge is 0.486 e. The predicted octanol–water partition coefficient (Wildman–Crippen LogP) is 5.26. The summed E-state index contributed by atoms with van der Waals surface area (Å²) in [6.07, 6.45) is 3.00. The number of benzene rings is 2. The van der Waals surface area contributed by atoms with Crippen LogP contribution in [0.1, 0.15) is 11.1 Å². The van der Waals surface area contributed by atoms with Crippen molar-refractivity contribution in [1.29, 1.82) is 0 Å². The first kappa shape index (κ1) is 20.7. The van der Waals surface area contributed by atoms with Gasteiger partial charge >= 0.3 is 6.03 Å². The zero-order chi connectivity index (χ0) is 20.3. The van der Waals surface area contributed by atoms with Gasteiger partial charge in [0.1, 0.15) is 12.3 Å². The number of imide groups is 1. The molecule has 0 saturated carbocycles. The summed E-state index contributed by atoms with van der Waals surface area (Å²) in [7, 11) is 0. The van der Waals surface area contributed by atoms with Gasteiger partial charge in [0.15, 0.2) is 5.75 Å². The molecular weight excluding hydrogens is 514 g/mol. The highest BCUT2D eigenvalue weighted by Crippen LogP contribution is 2.35. The Hall–Kier alpha value is -2.03. The van der Waals surface area contributed by atoms with Gasteiger partial charge in [-0.05, 0) is 64.1 Å². The van der Waals surface area contributed by atoms with Gasteiger partial charge in [0.25, 0.3) is 5.91 Å². The third-order valence-electron chi connectivity index (χ3n) is 3.90. The number of urea groups is 1. The number of hydrogen-bond acceptors (Lipinski definition) is 3. The van der Waals surface area contributed by atoms with Crippen molar-refractivity contribution in [1.82, 2.24) is 10.2 Å². The molecule has 8 heteroatoms. The highest BCUT2D eigenvalue weighted by atomic mass is 127. The van der Waals surface area contributed by atoms with Crippen molar-refractivity contribution in [3.63, 3.8) is 0 Å². The SMILES string of the molecule is C=CCN1C(=O)N/C(=C/c2cc(Cl)c(OCc3ccc(I)cc3)c(Cl)c2)C1=O. The molecule has 28 heavy (non-hydrogen) atoms. The fourth-order valence-electron chi connectivity index (χ4n) is 2.57. The van der Waals surface area contributed by atoms with Crippen molar-refractivity contribution < 1.29 is 14.3 Å². The van der Waals surface area contributed by atoms with Gasteiger partial charge in [-0.25, -0.2) is 4.79 Å². The normalized spacial score (nSPS) is 15.1. The maximum atomic E-state index is 12.3. The Morgan fingerprint density at radius 1 is 1.14 bits per heavy atom. The van der Waals surface area contributed by atoms with Gasteiger partial charge in [0.2, 0.25) is 0 Å². The molecule has 144 valence electrons. The van der Waals surface area contributed by atoms with Crippen molar-refractivity contribution in [2.45, 2.75) is 6.61 Å². The highest BCUT2D eigenvalue weighted by molar-refractivity contribution is 14.1. The van der Waals surface area contributed by atoms with Crippen LogP contribution in [0.25, 0.3) is 6.08 Å². The molecule has 0 aliphatic carbocycles. The first-order valence-electron chi connectivity index (χ1n) is 8.20. The number of hydrogen-bond donors (Lipinski definition) is 1. The molecule has 0 spiro atoms. The smallest absolute Gasteiger partial charge is 0.329 e. The zero-order valence-electron chi connectivity index (χ0n) is 14.5. The first-order chi connectivity index (χ1) is 13.4. The molecule has 0 radical (unpaired) electrons. The highest BCUT2D eigenvalue weighted by Gasteiger charge is 2.32. The number of rotatable bonds is 6. The summed E-state index contributed by atoms with van der Waals surface area (Å²) < 4.78 is 6.90. The summed E-state index contributed by atoms with van der Waals surface area (Å²) in [6.45, 7) is 3.99. The lowest BCUT2D eigenvalue weighted by molar-refractivity contribution is -0.122. The molecule has 0 aromatic heterocycles. The molecule has 5 nitrogen and oxygen atoms in total. The Bertz CT molecular complexity index is 951. The summed E-state index contributed by atoms with van der Waals surface area (Å²) in [5, 5.41) is 3.14. The minimum absolute atomic E-state index is 0.134. The third-order valence-corrected chi connectivity index (χ3v) is 5.18. The number of halogens is 3. The van der Waals surface area contributed by atoms with Crippen LogP contribution in [-0.2, 0) is 11.4 Å². The number of nitrogens with zero attached hydrogens (tertiary/aromatic N) is 1.